The number of amides is 2. The fourth-order valence-electron chi connectivity index (χ4n) is 6.10. The molecule has 1 heterocycles. The van der Waals surface area contributed by atoms with Crippen LogP contribution in [0.3, 0.4) is 0 Å². The lowest BCUT2D eigenvalue weighted by Crippen LogP contribution is -2.46. The Balaban J connectivity index is 1.50. The summed E-state index contributed by atoms with van der Waals surface area (Å²) in [6.07, 6.45) is 8.40. The molecule has 1 aromatic carbocycles. The third-order valence-electron chi connectivity index (χ3n) is 8.31. The highest BCUT2D eigenvalue weighted by atomic mass is 31.1. The number of hydrogen-bond donors (Lipinski definition) is 3. The van der Waals surface area contributed by atoms with Crippen molar-refractivity contribution in [3.8, 4) is 0 Å². The lowest BCUT2D eigenvalue weighted by atomic mass is 9.81. The molecule has 3 N–H and O–H groups in total. The van der Waals surface area contributed by atoms with Gasteiger partial charge in [0.25, 0.3) is 5.91 Å². The molecule has 0 spiro atoms. The standard InChI is InChI=1S/C30H40N3O4P/c1-19(2)23(29(35)33-28-22-13-7-6-12-21(22)17-26(28)34)18-27(38-37)25(16-20-10-4-3-5-11-20)32-30(36)24-14-8-9-15-31-24/h6-9,12-15,19-20,23,25-28,34H,3-5,10-11,16-18H2,1-2H3,(H,32,36)(H,33,35)/p+1/t23-,25-,26+,27-,28-/m0/s1. The highest BCUT2D eigenvalue weighted by Crippen LogP contribution is 2.35. The number of hydrogen-bond acceptors (Lipinski definition) is 5. The van der Waals surface area contributed by atoms with E-state index in [1.165, 1.54) is 19.3 Å². The molecule has 0 radical (unpaired) electrons. The van der Waals surface area contributed by atoms with Gasteiger partial charge in [0.05, 0.1) is 18.2 Å². The van der Waals surface area contributed by atoms with E-state index < -0.39 is 26.5 Å². The zero-order valence-corrected chi connectivity index (χ0v) is 23.4. The second-order valence-corrected chi connectivity index (χ2v) is 12.3. The van der Waals surface area contributed by atoms with Crippen LogP contribution in [0.2, 0.25) is 0 Å². The van der Waals surface area contributed by atoms with Gasteiger partial charge in [-0.25, -0.2) is 0 Å². The van der Waals surface area contributed by atoms with Gasteiger partial charge in [-0.05, 0) is 41.5 Å². The number of carbonyl (C=O) groups excluding carboxylic acids is 2. The number of carbonyl (C=O) groups is 2. The van der Waals surface area contributed by atoms with Crippen molar-refractivity contribution >= 4 is 20.3 Å². The molecule has 2 aliphatic carbocycles. The molecule has 4 rings (SSSR count). The van der Waals surface area contributed by atoms with Gasteiger partial charge in [0.1, 0.15) is 5.69 Å². The molecule has 0 saturated heterocycles. The minimum atomic E-state index is -0.668. The molecule has 1 fully saturated rings. The summed E-state index contributed by atoms with van der Waals surface area (Å²) in [7, 11) is -0.654. The van der Waals surface area contributed by atoms with Gasteiger partial charge in [-0.15, -0.1) is 0 Å². The Bertz CT molecular complexity index is 1090. The molecular formula is C30H41N3O4P+. The van der Waals surface area contributed by atoms with E-state index in [-0.39, 0.29) is 29.4 Å². The van der Waals surface area contributed by atoms with Crippen molar-refractivity contribution in [2.24, 2.45) is 17.8 Å². The molecule has 1 saturated carbocycles. The largest absolute Gasteiger partial charge is 0.390 e. The van der Waals surface area contributed by atoms with Gasteiger partial charge in [0, 0.05) is 25.0 Å². The van der Waals surface area contributed by atoms with Crippen molar-refractivity contribution in [3.05, 3.63) is 65.5 Å². The topological polar surface area (TPSA) is 108 Å². The van der Waals surface area contributed by atoms with Gasteiger partial charge >= 0.3 is 8.46 Å². The lowest BCUT2D eigenvalue weighted by Gasteiger charge is -2.30. The first-order valence-electron chi connectivity index (χ1n) is 14.0. The van der Waals surface area contributed by atoms with E-state index in [1.807, 2.05) is 38.1 Å². The maximum Gasteiger partial charge on any atom is 0.330 e. The summed E-state index contributed by atoms with van der Waals surface area (Å²) in [4.78, 5) is 30.8. The van der Waals surface area contributed by atoms with Crippen LogP contribution >= 0.6 is 8.46 Å². The second-order valence-electron chi connectivity index (χ2n) is 11.3. The van der Waals surface area contributed by atoms with Gasteiger partial charge in [-0.1, -0.05) is 80.8 Å². The summed E-state index contributed by atoms with van der Waals surface area (Å²) in [5, 5.41) is 16.9. The second kappa shape index (κ2) is 13.4. The minimum Gasteiger partial charge on any atom is -0.390 e. The molecule has 1 aromatic heterocycles. The van der Waals surface area contributed by atoms with E-state index in [4.69, 9.17) is 0 Å². The molecule has 0 aliphatic heterocycles. The van der Waals surface area contributed by atoms with E-state index in [0.717, 1.165) is 30.4 Å². The minimum absolute atomic E-state index is 0.00413. The van der Waals surface area contributed by atoms with Crippen LogP contribution in [0.25, 0.3) is 0 Å². The van der Waals surface area contributed by atoms with Crippen molar-refractivity contribution in [1.29, 1.82) is 0 Å². The number of pyridine rings is 1. The van der Waals surface area contributed by atoms with Gasteiger partial charge in [0.15, 0.2) is 5.66 Å². The molecule has 204 valence electrons. The third kappa shape index (κ3) is 7.06. The lowest BCUT2D eigenvalue weighted by molar-refractivity contribution is -0.128. The van der Waals surface area contributed by atoms with E-state index in [9.17, 15) is 19.3 Å². The number of aliphatic hydroxyl groups is 1. The molecule has 0 bridgehead atoms. The number of fused-ring (bicyclic) bond motifs is 1. The smallest absolute Gasteiger partial charge is 0.330 e. The average Bonchev–Trinajstić information content (AvgIpc) is 3.24. The van der Waals surface area contributed by atoms with E-state index in [2.05, 4.69) is 15.6 Å². The Morgan fingerprint density at radius 2 is 1.82 bits per heavy atom. The predicted molar refractivity (Wildman–Crippen MR) is 149 cm³/mol. The molecular weight excluding hydrogens is 497 g/mol. The van der Waals surface area contributed by atoms with Crippen molar-refractivity contribution in [3.63, 3.8) is 0 Å². The van der Waals surface area contributed by atoms with Gasteiger partial charge in [-0.2, -0.15) is 0 Å². The summed E-state index contributed by atoms with van der Waals surface area (Å²) >= 11 is 0. The molecule has 2 amide bonds. The maximum absolute atomic E-state index is 13.6. The molecule has 38 heavy (non-hydrogen) atoms. The van der Waals surface area contributed by atoms with Crippen molar-refractivity contribution in [2.75, 3.05) is 0 Å². The third-order valence-corrected chi connectivity index (χ3v) is 9.26. The fraction of sp³-hybridized carbons (Fsp3) is 0.567. The zero-order chi connectivity index (χ0) is 27.1. The number of nitrogens with one attached hydrogen (secondary N) is 2. The van der Waals surface area contributed by atoms with Crippen LogP contribution in [0, 0.1) is 17.8 Å². The van der Waals surface area contributed by atoms with Crippen LogP contribution in [-0.2, 0) is 15.8 Å². The van der Waals surface area contributed by atoms with Gasteiger partial charge in [0.2, 0.25) is 5.91 Å². The summed E-state index contributed by atoms with van der Waals surface area (Å²) in [6.45, 7) is 3.99. The number of nitrogens with zero attached hydrogens (tertiary/aromatic N) is 1. The molecule has 8 heteroatoms. The Morgan fingerprint density at radius 3 is 2.50 bits per heavy atom. The maximum atomic E-state index is 13.6. The van der Waals surface area contributed by atoms with Crippen LogP contribution < -0.4 is 10.6 Å². The first-order valence-corrected chi connectivity index (χ1v) is 15.0. The number of benzene rings is 1. The molecule has 2 aliphatic rings. The van der Waals surface area contributed by atoms with Crippen molar-refractivity contribution < 1.29 is 19.3 Å². The van der Waals surface area contributed by atoms with Crippen molar-refractivity contribution in [2.45, 2.75) is 89.1 Å². The van der Waals surface area contributed by atoms with Crippen LogP contribution in [0.1, 0.15) is 86.5 Å². The SMILES string of the molecule is CC(C)[C@H](C[C@H]([PH+]=O)[C@H](CC1CCCCC1)NC(=O)c1ccccn1)C(=O)N[C@H]1c2ccccc2C[C@H]1O. The summed E-state index contributed by atoms with van der Waals surface area (Å²) in [5.74, 6) is -0.345. The quantitative estimate of drug-likeness (QED) is 0.350. The van der Waals surface area contributed by atoms with Crippen LogP contribution in [0.4, 0.5) is 0 Å². The normalized spacial score (nSPS) is 22.0. The zero-order valence-electron chi connectivity index (χ0n) is 22.4. The Hall–Kier alpha value is -2.63. The van der Waals surface area contributed by atoms with Gasteiger partial charge < -0.3 is 15.7 Å². The fourth-order valence-corrected chi connectivity index (χ4v) is 6.84. The summed E-state index contributed by atoms with van der Waals surface area (Å²) in [6, 6.07) is 12.3. The average molecular weight is 539 g/mol. The van der Waals surface area contributed by atoms with E-state index >= 15 is 0 Å². The predicted octanol–water partition coefficient (Wildman–Crippen LogP) is 4.98. The van der Waals surface area contributed by atoms with Crippen LogP contribution in [0.15, 0.2) is 48.7 Å². The Labute approximate surface area is 227 Å². The van der Waals surface area contributed by atoms with E-state index in [0.29, 0.717) is 24.5 Å². The molecule has 1 unspecified atom stereocenters. The van der Waals surface area contributed by atoms with Crippen molar-refractivity contribution in [1.82, 2.24) is 15.6 Å². The molecule has 6 atom stereocenters. The monoisotopic (exact) mass is 538 g/mol. The molecule has 7 nitrogen and oxygen atoms in total. The Morgan fingerprint density at radius 1 is 1.08 bits per heavy atom. The van der Waals surface area contributed by atoms with Crippen LogP contribution in [0.5, 0.6) is 0 Å². The highest BCUT2D eigenvalue weighted by molar-refractivity contribution is 7.24. The van der Waals surface area contributed by atoms with Gasteiger partial charge in [-0.3, -0.25) is 14.6 Å². The number of aromatic nitrogens is 1. The number of rotatable bonds is 11. The summed E-state index contributed by atoms with van der Waals surface area (Å²) < 4.78 is 12.7. The Kier molecular flexibility index (Phi) is 10.0. The molecule has 2 aromatic rings. The van der Waals surface area contributed by atoms with E-state index in [1.54, 1.807) is 24.4 Å². The first-order chi connectivity index (χ1) is 18.4. The first kappa shape index (κ1) is 28.4. The van der Waals surface area contributed by atoms with Crippen LogP contribution in [-0.4, -0.2) is 39.7 Å². The number of aliphatic hydroxyl groups excluding tert-OH is 1. The highest BCUT2D eigenvalue weighted by Gasteiger charge is 2.39. The summed E-state index contributed by atoms with van der Waals surface area (Å²) in [5.41, 5.74) is 1.98.